The highest BCUT2D eigenvalue weighted by Crippen LogP contribution is 2.39. The standard InChI is InChI=1S/C9H10F3N3O2/c1-4-2-6(9(10,11)12)15-7(13-4)3-5(14-15)8(16)17/h3-4,6,13H,2H2,1H3,(H,16,17)/p-1. The number of carbonyl (C=O) groups is 1. The van der Waals surface area contributed by atoms with E-state index >= 15 is 0 Å². The zero-order valence-electron chi connectivity index (χ0n) is 8.78. The molecule has 0 saturated heterocycles. The summed E-state index contributed by atoms with van der Waals surface area (Å²) < 4.78 is 38.9. The van der Waals surface area contributed by atoms with Crippen molar-refractivity contribution >= 4 is 11.8 Å². The highest BCUT2D eigenvalue weighted by molar-refractivity contribution is 5.84. The molecule has 2 heterocycles. The first-order valence-electron chi connectivity index (χ1n) is 4.93. The fourth-order valence-corrected chi connectivity index (χ4v) is 1.86. The quantitative estimate of drug-likeness (QED) is 0.788. The summed E-state index contributed by atoms with van der Waals surface area (Å²) in [6, 6.07) is -1.16. The van der Waals surface area contributed by atoms with E-state index in [2.05, 4.69) is 10.4 Å². The molecular formula is C9H9F3N3O2-. The number of carboxylic acids is 1. The molecule has 5 nitrogen and oxygen atoms in total. The maximum Gasteiger partial charge on any atom is 0.410 e. The Balaban J connectivity index is 2.45. The summed E-state index contributed by atoms with van der Waals surface area (Å²) in [5, 5.41) is 16.7. The molecule has 1 aliphatic heterocycles. The van der Waals surface area contributed by atoms with E-state index in [-0.39, 0.29) is 12.2 Å². The van der Waals surface area contributed by atoms with Crippen molar-refractivity contribution in [1.82, 2.24) is 9.78 Å². The highest BCUT2D eigenvalue weighted by atomic mass is 19.4. The normalized spacial score (nSPS) is 24.0. The third kappa shape index (κ3) is 2.06. The van der Waals surface area contributed by atoms with Crippen molar-refractivity contribution in [1.29, 1.82) is 0 Å². The average molecular weight is 248 g/mol. The van der Waals surface area contributed by atoms with Gasteiger partial charge in [-0.1, -0.05) is 0 Å². The molecule has 0 saturated carbocycles. The fourth-order valence-electron chi connectivity index (χ4n) is 1.86. The summed E-state index contributed by atoms with van der Waals surface area (Å²) in [4.78, 5) is 10.6. The largest absolute Gasteiger partial charge is 0.543 e. The molecule has 94 valence electrons. The van der Waals surface area contributed by atoms with Crippen LogP contribution in [0.1, 0.15) is 29.9 Å². The van der Waals surface area contributed by atoms with Crippen molar-refractivity contribution in [2.45, 2.75) is 31.6 Å². The molecule has 1 aromatic rings. The van der Waals surface area contributed by atoms with Gasteiger partial charge in [0.1, 0.15) is 11.5 Å². The first kappa shape index (κ1) is 11.7. The predicted octanol–water partition coefficient (Wildman–Crippen LogP) is 0.554. The van der Waals surface area contributed by atoms with Crippen LogP contribution in [-0.2, 0) is 0 Å². The van der Waals surface area contributed by atoms with Gasteiger partial charge >= 0.3 is 6.18 Å². The number of carbonyl (C=O) groups excluding carboxylic acids is 1. The van der Waals surface area contributed by atoms with Gasteiger partial charge in [-0.25, -0.2) is 4.68 Å². The van der Waals surface area contributed by atoms with Crippen LogP contribution in [0.2, 0.25) is 0 Å². The first-order chi connectivity index (χ1) is 7.79. The van der Waals surface area contributed by atoms with Crippen LogP contribution in [0.4, 0.5) is 19.0 Å². The third-order valence-electron chi connectivity index (χ3n) is 2.59. The van der Waals surface area contributed by atoms with E-state index < -0.39 is 29.9 Å². The summed E-state index contributed by atoms with van der Waals surface area (Å²) >= 11 is 0. The summed E-state index contributed by atoms with van der Waals surface area (Å²) in [6.45, 7) is 1.59. The smallest absolute Gasteiger partial charge is 0.410 e. The number of nitrogens with one attached hydrogen (secondary N) is 1. The van der Waals surface area contributed by atoms with E-state index in [1.54, 1.807) is 6.92 Å². The predicted molar refractivity (Wildman–Crippen MR) is 49.4 cm³/mol. The van der Waals surface area contributed by atoms with Gasteiger partial charge in [-0.3, -0.25) is 0 Å². The number of rotatable bonds is 1. The molecular weight excluding hydrogens is 239 g/mol. The molecule has 0 fully saturated rings. The minimum atomic E-state index is -4.46. The minimum Gasteiger partial charge on any atom is -0.543 e. The number of anilines is 1. The molecule has 0 aliphatic carbocycles. The number of fused-ring (bicyclic) bond motifs is 1. The van der Waals surface area contributed by atoms with Crippen molar-refractivity contribution in [3.05, 3.63) is 11.8 Å². The van der Waals surface area contributed by atoms with Crippen molar-refractivity contribution < 1.29 is 23.1 Å². The Morgan fingerprint density at radius 3 is 2.82 bits per heavy atom. The fraction of sp³-hybridized carbons (Fsp3) is 0.556. The zero-order chi connectivity index (χ0) is 12.8. The van der Waals surface area contributed by atoms with Crippen LogP contribution in [0.15, 0.2) is 6.07 Å². The molecule has 0 spiro atoms. The van der Waals surface area contributed by atoms with Gasteiger partial charge in [-0.2, -0.15) is 18.3 Å². The van der Waals surface area contributed by atoms with E-state index in [4.69, 9.17) is 0 Å². The van der Waals surface area contributed by atoms with Crippen molar-refractivity contribution in [2.75, 3.05) is 5.32 Å². The van der Waals surface area contributed by atoms with Crippen LogP contribution in [0, 0.1) is 0 Å². The lowest BCUT2D eigenvalue weighted by Gasteiger charge is -2.31. The number of alkyl halides is 3. The molecule has 0 aromatic carbocycles. The second-order valence-electron chi connectivity index (χ2n) is 3.99. The second-order valence-corrected chi connectivity index (χ2v) is 3.99. The number of halogens is 3. The van der Waals surface area contributed by atoms with Gasteiger partial charge in [0.25, 0.3) is 0 Å². The Bertz CT molecular complexity index is 455. The molecule has 0 bridgehead atoms. The number of hydrogen-bond donors (Lipinski definition) is 1. The lowest BCUT2D eigenvalue weighted by atomic mass is 10.1. The van der Waals surface area contributed by atoms with Crippen LogP contribution < -0.4 is 10.4 Å². The van der Waals surface area contributed by atoms with Crippen LogP contribution in [0.25, 0.3) is 0 Å². The van der Waals surface area contributed by atoms with E-state index in [0.717, 1.165) is 6.07 Å². The monoisotopic (exact) mass is 248 g/mol. The van der Waals surface area contributed by atoms with Gasteiger partial charge in [0.15, 0.2) is 6.04 Å². The summed E-state index contributed by atoms with van der Waals surface area (Å²) in [5.74, 6) is -1.55. The Morgan fingerprint density at radius 1 is 1.65 bits per heavy atom. The molecule has 0 radical (unpaired) electrons. The van der Waals surface area contributed by atoms with Crippen LogP contribution in [0.5, 0.6) is 0 Å². The number of nitrogens with zero attached hydrogens (tertiary/aromatic N) is 2. The average Bonchev–Trinajstić information content (AvgIpc) is 2.58. The zero-order valence-corrected chi connectivity index (χ0v) is 8.78. The van der Waals surface area contributed by atoms with E-state index in [1.807, 2.05) is 0 Å². The second kappa shape index (κ2) is 3.64. The molecule has 2 unspecified atom stereocenters. The molecule has 17 heavy (non-hydrogen) atoms. The molecule has 8 heteroatoms. The van der Waals surface area contributed by atoms with Crippen molar-refractivity contribution in [3.63, 3.8) is 0 Å². The van der Waals surface area contributed by atoms with Gasteiger partial charge in [0, 0.05) is 12.1 Å². The molecule has 1 N–H and O–H groups in total. The van der Waals surface area contributed by atoms with Crippen LogP contribution >= 0.6 is 0 Å². The number of hydrogen-bond acceptors (Lipinski definition) is 4. The summed E-state index contributed by atoms with van der Waals surface area (Å²) in [5.41, 5.74) is -0.504. The third-order valence-corrected chi connectivity index (χ3v) is 2.59. The van der Waals surface area contributed by atoms with Gasteiger partial charge in [-0.15, -0.1) is 0 Å². The van der Waals surface area contributed by atoms with E-state index in [9.17, 15) is 23.1 Å². The lowest BCUT2D eigenvalue weighted by molar-refractivity contribution is -0.255. The Labute approximate surface area is 94.2 Å². The topological polar surface area (TPSA) is 70.0 Å². The molecule has 1 aromatic heterocycles. The Hall–Kier alpha value is -1.73. The Morgan fingerprint density at radius 2 is 2.29 bits per heavy atom. The molecule has 1 aliphatic rings. The Kier molecular flexibility index (Phi) is 2.52. The number of aromatic carboxylic acids is 1. The lowest BCUT2D eigenvalue weighted by Crippen LogP contribution is -2.38. The highest BCUT2D eigenvalue weighted by Gasteiger charge is 2.45. The summed E-state index contributed by atoms with van der Waals surface area (Å²) in [7, 11) is 0. The number of carboxylic acid groups (broad SMARTS) is 1. The van der Waals surface area contributed by atoms with E-state index in [1.165, 1.54) is 0 Å². The minimum absolute atomic E-state index is 0.0466. The summed E-state index contributed by atoms with van der Waals surface area (Å²) in [6.07, 6.45) is -4.65. The molecule has 0 amide bonds. The van der Waals surface area contributed by atoms with Gasteiger partial charge in [0.05, 0.1) is 5.97 Å². The maximum absolute atomic E-state index is 12.8. The van der Waals surface area contributed by atoms with Crippen LogP contribution in [0.3, 0.4) is 0 Å². The van der Waals surface area contributed by atoms with E-state index in [0.29, 0.717) is 4.68 Å². The van der Waals surface area contributed by atoms with Gasteiger partial charge in [-0.05, 0) is 13.3 Å². The van der Waals surface area contributed by atoms with Crippen molar-refractivity contribution in [3.8, 4) is 0 Å². The number of aromatic nitrogens is 2. The van der Waals surface area contributed by atoms with Crippen LogP contribution in [-0.4, -0.2) is 28.0 Å². The maximum atomic E-state index is 12.8. The van der Waals surface area contributed by atoms with Gasteiger partial charge < -0.3 is 15.2 Å². The molecule has 2 rings (SSSR count). The SMILES string of the molecule is CC1CC(C(F)(F)F)n2nc(C(=O)[O-])cc2N1. The molecule has 2 atom stereocenters. The van der Waals surface area contributed by atoms with Crippen molar-refractivity contribution in [2.24, 2.45) is 0 Å². The van der Waals surface area contributed by atoms with Gasteiger partial charge in [0.2, 0.25) is 0 Å². The first-order valence-corrected chi connectivity index (χ1v) is 4.93.